The molecule has 3 rings (SSSR count). The van der Waals surface area contributed by atoms with Crippen molar-refractivity contribution in [3.05, 3.63) is 46.7 Å². The van der Waals surface area contributed by atoms with Crippen LogP contribution in [-0.2, 0) is 4.74 Å². The fourth-order valence-corrected chi connectivity index (χ4v) is 4.41. The Morgan fingerprint density at radius 2 is 1.54 bits per heavy atom. The van der Waals surface area contributed by atoms with Crippen molar-refractivity contribution < 1.29 is 14.3 Å². The molecule has 0 heterocycles. The molecule has 2 aliphatic rings. The predicted molar refractivity (Wildman–Crippen MR) is 103 cm³/mol. The minimum Gasteiger partial charge on any atom is -0.489 e. The number of benzene rings is 1. The lowest BCUT2D eigenvalue weighted by molar-refractivity contribution is 0.0869. The second-order valence-electron chi connectivity index (χ2n) is 8.73. The van der Waals surface area contributed by atoms with Crippen molar-refractivity contribution >= 4 is 11.6 Å². The van der Waals surface area contributed by atoms with E-state index in [1.165, 1.54) is 12.8 Å². The van der Waals surface area contributed by atoms with Gasteiger partial charge in [-0.1, -0.05) is 45.0 Å². The summed E-state index contributed by atoms with van der Waals surface area (Å²) < 4.78 is 5.66. The third kappa shape index (κ3) is 3.62. The molecule has 0 saturated heterocycles. The molecule has 0 N–H and O–H groups in total. The summed E-state index contributed by atoms with van der Waals surface area (Å²) in [6.45, 7) is 9.20. The summed E-state index contributed by atoms with van der Waals surface area (Å²) in [5, 5.41) is 0. The smallest absolute Gasteiger partial charge is 0.228 e. The van der Waals surface area contributed by atoms with Gasteiger partial charge >= 0.3 is 0 Å². The molecule has 3 nitrogen and oxygen atoms in total. The third-order valence-corrected chi connectivity index (χ3v) is 6.02. The fourth-order valence-electron chi connectivity index (χ4n) is 4.41. The van der Waals surface area contributed by atoms with Crippen LogP contribution < -0.4 is 0 Å². The first-order valence-corrected chi connectivity index (χ1v) is 9.87. The lowest BCUT2D eigenvalue weighted by Crippen LogP contribution is -2.28. The minimum absolute atomic E-state index is 0.0263. The van der Waals surface area contributed by atoms with Crippen LogP contribution in [0, 0.1) is 17.3 Å². The van der Waals surface area contributed by atoms with Gasteiger partial charge in [0.25, 0.3) is 0 Å². The molecule has 1 saturated carbocycles. The standard InChI is InChI=1S/C23H30O3/c1-5-26-22-19(14-15-10-12-16(13-11-15)23(2,3)4)20(24)17-8-6-7-9-18(17)21(22)25/h6-9,15-16H,5,10-14H2,1-4H3. The Bertz CT molecular complexity index is 728. The number of fused-ring (bicyclic) bond motifs is 1. The first-order valence-electron chi connectivity index (χ1n) is 9.87. The number of hydrogen-bond acceptors (Lipinski definition) is 3. The number of Topliss-reactive ketones (excluding diaryl/α,β-unsaturated/α-hetero) is 2. The summed E-state index contributed by atoms with van der Waals surface area (Å²) >= 11 is 0. The number of ether oxygens (including phenoxy) is 1. The highest BCUT2D eigenvalue weighted by atomic mass is 16.5. The zero-order chi connectivity index (χ0) is 18.9. The number of ketones is 2. The average molecular weight is 354 g/mol. The van der Waals surface area contributed by atoms with Gasteiger partial charge in [0, 0.05) is 16.7 Å². The monoisotopic (exact) mass is 354 g/mol. The molecule has 0 aliphatic heterocycles. The topological polar surface area (TPSA) is 43.4 Å². The van der Waals surface area contributed by atoms with Gasteiger partial charge in [0.1, 0.15) is 0 Å². The van der Waals surface area contributed by atoms with Gasteiger partial charge < -0.3 is 4.74 Å². The second-order valence-corrected chi connectivity index (χ2v) is 8.73. The normalized spacial score (nSPS) is 23.8. The maximum Gasteiger partial charge on any atom is 0.228 e. The van der Waals surface area contributed by atoms with E-state index < -0.39 is 0 Å². The average Bonchev–Trinajstić information content (AvgIpc) is 2.62. The van der Waals surface area contributed by atoms with Gasteiger partial charge in [-0.25, -0.2) is 0 Å². The molecule has 0 unspecified atom stereocenters. The molecule has 0 amide bonds. The molecule has 0 radical (unpaired) electrons. The second kappa shape index (κ2) is 7.38. The third-order valence-electron chi connectivity index (χ3n) is 6.02. The largest absolute Gasteiger partial charge is 0.489 e. The van der Waals surface area contributed by atoms with E-state index in [9.17, 15) is 9.59 Å². The number of hydrogen-bond donors (Lipinski definition) is 0. The maximum absolute atomic E-state index is 13.1. The van der Waals surface area contributed by atoms with Crippen LogP contribution >= 0.6 is 0 Å². The fraction of sp³-hybridized carbons (Fsp3) is 0.565. The van der Waals surface area contributed by atoms with E-state index in [1.807, 2.05) is 13.0 Å². The molecule has 1 fully saturated rings. The van der Waals surface area contributed by atoms with Crippen molar-refractivity contribution in [2.24, 2.45) is 17.3 Å². The van der Waals surface area contributed by atoms with Gasteiger partial charge in [-0.2, -0.15) is 0 Å². The molecule has 2 aliphatic carbocycles. The van der Waals surface area contributed by atoms with Crippen LogP contribution in [0.25, 0.3) is 0 Å². The van der Waals surface area contributed by atoms with Gasteiger partial charge in [0.15, 0.2) is 11.5 Å². The van der Waals surface area contributed by atoms with Crippen LogP contribution in [0.2, 0.25) is 0 Å². The molecule has 0 atom stereocenters. The van der Waals surface area contributed by atoms with Crippen LogP contribution in [0.4, 0.5) is 0 Å². The van der Waals surface area contributed by atoms with E-state index in [2.05, 4.69) is 20.8 Å². The van der Waals surface area contributed by atoms with E-state index in [0.29, 0.717) is 41.1 Å². The molecule has 1 aromatic carbocycles. The Kier molecular flexibility index (Phi) is 5.36. The molecule has 26 heavy (non-hydrogen) atoms. The van der Waals surface area contributed by atoms with E-state index >= 15 is 0 Å². The molecule has 1 aromatic rings. The molecular weight excluding hydrogens is 324 g/mol. The van der Waals surface area contributed by atoms with E-state index in [4.69, 9.17) is 4.74 Å². The molecule has 3 heteroatoms. The van der Waals surface area contributed by atoms with Gasteiger partial charge in [-0.05, 0) is 56.3 Å². The Morgan fingerprint density at radius 3 is 2.08 bits per heavy atom. The first-order chi connectivity index (χ1) is 12.3. The van der Waals surface area contributed by atoms with Gasteiger partial charge in [-0.15, -0.1) is 0 Å². The number of carbonyl (C=O) groups excluding carboxylic acids is 2. The quantitative estimate of drug-likeness (QED) is 0.707. The van der Waals surface area contributed by atoms with Gasteiger partial charge in [-0.3, -0.25) is 9.59 Å². The van der Waals surface area contributed by atoms with Crippen LogP contribution in [0.1, 0.15) is 80.5 Å². The van der Waals surface area contributed by atoms with Gasteiger partial charge in [0.05, 0.1) is 6.61 Å². The Balaban J connectivity index is 1.82. The molecular formula is C23H30O3. The summed E-state index contributed by atoms with van der Waals surface area (Å²) in [5.41, 5.74) is 1.94. The zero-order valence-electron chi connectivity index (χ0n) is 16.4. The number of allylic oxidation sites excluding steroid dienone is 2. The lowest BCUT2D eigenvalue weighted by atomic mass is 9.68. The predicted octanol–water partition coefficient (Wildman–Crippen LogP) is 5.60. The molecule has 0 aromatic heterocycles. The summed E-state index contributed by atoms with van der Waals surface area (Å²) in [4.78, 5) is 25.9. The van der Waals surface area contributed by atoms with E-state index in [0.717, 1.165) is 18.8 Å². The summed E-state index contributed by atoms with van der Waals surface area (Å²) in [5.74, 6) is 1.32. The van der Waals surface area contributed by atoms with E-state index in [-0.39, 0.29) is 17.3 Å². The summed E-state index contributed by atoms with van der Waals surface area (Å²) in [7, 11) is 0. The Labute approximate surface area is 156 Å². The van der Waals surface area contributed by atoms with Crippen molar-refractivity contribution in [1.82, 2.24) is 0 Å². The lowest BCUT2D eigenvalue weighted by Gasteiger charge is -2.37. The number of rotatable bonds is 4. The van der Waals surface area contributed by atoms with E-state index in [1.54, 1.807) is 18.2 Å². The van der Waals surface area contributed by atoms with Crippen molar-refractivity contribution in [3.63, 3.8) is 0 Å². The van der Waals surface area contributed by atoms with Crippen LogP contribution in [0.15, 0.2) is 35.6 Å². The molecule has 0 spiro atoms. The highest BCUT2D eigenvalue weighted by molar-refractivity contribution is 6.26. The van der Waals surface area contributed by atoms with Crippen molar-refractivity contribution in [2.75, 3.05) is 6.61 Å². The zero-order valence-corrected chi connectivity index (χ0v) is 16.4. The van der Waals surface area contributed by atoms with Gasteiger partial charge in [0.2, 0.25) is 5.78 Å². The highest BCUT2D eigenvalue weighted by Crippen LogP contribution is 2.42. The van der Waals surface area contributed by atoms with Crippen LogP contribution in [-0.4, -0.2) is 18.2 Å². The Morgan fingerprint density at radius 1 is 0.962 bits per heavy atom. The number of carbonyl (C=O) groups is 2. The highest BCUT2D eigenvalue weighted by Gasteiger charge is 2.36. The maximum atomic E-state index is 13.1. The van der Waals surface area contributed by atoms with Crippen LogP contribution in [0.5, 0.6) is 0 Å². The minimum atomic E-state index is -0.138. The summed E-state index contributed by atoms with van der Waals surface area (Å²) in [6.07, 6.45) is 5.29. The first kappa shape index (κ1) is 18.9. The summed E-state index contributed by atoms with van der Waals surface area (Å²) in [6, 6.07) is 7.10. The Hall–Kier alpha value is -1.90. The SMILES string of the molecule is CCOC1=C(CC2CCC(C(C)(C)C)CC2)C(=O)c2ccccc2C1=O. The van der Waals surface area contributed by atoms with Crippen molar-refractivity contribution in [3.8, 4) is 0 Å². The molecule has 140 valence electrons. The van der Waals surface area contributed by atoms with Crippen LogP contribution in [0.3, 0.4) is 0 Å². The van der Waals surface area contributed by atoms with Crippen molar-refractivity contribution in [2.45, 2.75) is 59.8 Å². The van der Waals surface area contributed by atoms with Crippen molar-refractivity contribution in [1.29, 1.82) is 0 Å². The molecule has 0 bridgehead atoms.